The Morgan fingerprint density at radius 2 is 1.95 bits per heavy atom. The third-order valence-electron chi connectivity index (χ3n) is 3.33. The molecule has 0 radical (unpaired) electrons. The van der Waals surface area contributed by atoms with E-state index in [1.54, 1.807) is 7.11 Å². The smallest absolute Gasteiger partial charge is 0.119 e. The van der Waals surface area contributed by atoms with Crippen LogP contribution in [0.3, 0.4) is 0 Å². The van der Waals surface area contributed by atoms with Crippen LogP contribution in [-0.2, 0) is 0 Å². The SMILES string of the molecule is CNC(c1ccnc(C)c1)c1ccc(OC)cc1C. The third-order valence-corrected chi connectivity index (χ3v) is 3.33. The second-order valence-corrected chi connectivity index (χ2v) is 4.67. The van der Waals surface area contributed by atoms with Crippen molar-refractivity contribution in [2.75, 3.05) is 14.2 Å². The van der Waals surface area contributed by atoms with Gasteiger partial charge < -0.3 is 10.1 Å². The monoisotopic (exact) mass is 256 g/mol. The summed E-state index contributed by atoms with van der Waals surface area (Å²) >= 11 is 0. The summed E-state index contributed by atoms with van der Waals surface area (Å²) in [5.74, 6) is 0.891. The summed E-state index contributed by atoms with van der Waals surface area (Å²) in [7, 11) is 3.67. The fourth-order valence-corrected chi connectivity index (χ4v) is 2.35. The highest BCUT2D eigenvalue weighted by molar-refractivity contribution is 5.41. The largest absolute Gasteiger partial charge is 0.497 e. The number of aromatic nitrogens is 1. The van der Waals surface area contributed by atoms with Crippen molar-refractivity contribution in [2.24, 2.45) is 0 Å². The Balaban J connectivity index is 2.42. The van der Waals surface area contributed by atoms with Crippen LogP contribution in [0, 0.1) is 13.8 Å². The van der Waals surface area contributed by atoms with Gasteiger partial charge in [0.05, 0.1) is 13.2 Å². The van der Waals surface area contributed by atoms with Gasteiger partial charge in [0.25, 0.3) is 0 Å². The number of rotatable bonds is 4. The lowest BCUT2D eigenvalue weighted by molar-refractivity contribution is 0.414. The van der Waals surface area contributed by atoms with Crippen LogP contribution in [0.25, 0.3) is 0 Å². The number of aryl methyl sites for hydroxylation is 2. The van der Waals surface area contributed by atoms with Gasteiger partial charge in [0.1, 0.15) is 5.75 Å². The van der Waals surface area contributed by atoms with Gasteiger partial charge in [0.15, 0.2) is 0 Å². The molecule has 0 amide bonds. The first kappa shape index (κ1) is 13.6. The van der Waals surface area contributed by atoms with E-state index < -0.39 is 0 Å². The van der Waals surface area contributed by atoms with E-state index in [2.05, 4.69) is 41.5 Å². The van der Waals surface area contributed by atoms with E-state index in [1.165, 1.54) is 16.7 Å². The van der Waals surface area contributed by atoms with E-state index in [1.807, 2.05) is 26.2 Å². The average Bonchev–Trinajstić information content (AvgIpc) is 2.41. The zero-order valence-corrected chi connectivity index (χ0v) is 11.9. The second kappa shape index (κ2) is 5.85. The van der Waals surface area contributed by atoms with E-state index in [4.69, 9.17) is 4.74 Å². The Morgan fingerprint density at radius 1 is 1.16 bits per heavy atom. The summed E-state index contributed by atoms with van der Waals surface area (Å²) in [6, 6.07) is 10.5. The number of methoxy groups -OCH3 is 1. The molecule has 3 heteroatoms. The summed E-state index contributed by atoms with van der Waals surface area (Å²) in [5.41, 5.74) is 4.73. The summed E-state index contributed by atoms with van der Waals surface area (Å²) in [6.07, 6.45) is 1.86. The van der Waals surface area contributed by atoms with Crippen molar-refractivity contribution < 1.29 is 4.74 Å². The molecule has 0 aliphatic rings. The van der Waals surface area contributed by atoms with Gasteiger partial charge in [0, 0.05) is 11.9 Å². The molecule has 0 saturated heterocycles. The summed E-state index contributed by atoms with van der Waals surface area (Å²) in [4.78, 5) is 4.25. The van der Waals surface area contributed by atoms with Crippen molar-refractivity contribution >= 4 is 0 Å². The predicted octanol–water partition coefficient (Wildman–Crippen LogP) is 3.02. The van der Waals surface area contributed by atoms with E-state index in [-0.39, 0.29) is 6.04 Å². The third kappa shape index (κ3) is 2.93. The summed E-state index contributed by atoms with van der Waals surface area (Å²) in [6.45, 7) is 4.12. The maximum Gasteiger partial charge on any atom is 0.119 e. The van der Waals surface area contributed by atoms with Crippen molar-refractivity contribution in [1.29, 1.82) is 0 Å². The van der Waals surface area contributed by atoms with Crippen LogP contribution >= 0.6 is 0 Å². The molecule has 2 rings (SSSR count). The topological polar surface area (TPSA) is 34.2 Å². The number of ether oxygens (including phenoxy) is 1. The minimum atomic E-state index is 0.174. The quantitative estimate of drug-likeness (QED) is 0.913. The number of benzene rings is 1. The minimum absolute atomic E-state index is 0.174. The molecule has 0 bridgehead atoms. The standard InChI is InChI=1S/C16H20N2O/c1-11-9-14(19-4)5-6-15(11)16(17-3)13-7-8-18-12(2)10-13/h5-10,16-17H,1-4H3. The minimum Gasteiger partial charge on any atom is -0.497 e. The van der Waals surface area contributed by atoms with Crippen LogP contribution in [0.5, 0.6) is 5.75 Å². The van der Waals surface area contributed by atoms with Crippen molar-refractivity contribution in [3.63, 3.8) is 0 Å². The molecule has 1 unspecified atom stereocenters. The van der Waals surface area contributed by atoms with Gasteiger partial charge in [-0.15, -0.1) is 0 Å². The van der Waals surface area contributed by atoms with Crippen LogP contribution in [0.4, 0.5) is 0 Å². The highest BCUT2D eigenvalue weighted by Crippen LogP contribution is 2.27. The molecule has 19 heavy (non-hydrogen) atoms. The van der Waals surface area contributed by atoms with Gasteiger partial charge in [-0.05, 0) is 61.9 Å². The first-order valence-corrected chi connectivity index (χ1v) is 6.40. The van der Waals surface area contributed by atoms with E-state index in [0.29, 0.717) is 0 Å². The fourth-order valence-electron chi connectivity index (χ4n) is 2.35. The maximum absolute atomic E-state index is 5.26. The molecule has 0 aliphatic heterocycles. The number of nitrogens with zero attached hydrogens (tertiary/aromatic N) is 1. The zero-order chi connectivity index (χ0) is 13.8. The van der Waals surface area contributed by atoms with Gasteiger partial charge >= 0.3 is 0 Å². The van der Waals surface area contributed by atoms with Crippen molar-refractivity contribution in [2.45, 2.75) is 19.9 Å². The van der Waals surface area contributed by atoms with E-state index in [9.17, 15) is 0 Å². The summed E-state index contributed by atoms with van der Waals surface area (Å²) < 4.78 is 5.26. The first-order valence-electron chi connectivity index (χ1n) is 6.40. The molecular formula is C16H20N2O. The van der Waals surface area contributed by atoms with Crippen LogP contribution in [-0.4, -0.2) is 19.1 Å². The van der Waals surface area contributed by atoms with Gasteiger partial charge in [-0.2, -0.15) is 0 Å². The number of nitrogens with one attached hydrogen (secondary N) is 1. The molecule has 0 saturated carbocycles. The van der Waals surface area contributed by atoms with Gasteiger partial charge in [0.2, 0.25) is 0 Å². The first-order chi connectivity index (χ1) is 9.15. The summed E-state index contributed by atoms with van der Waals surface area (Å²) in [5, 5.41) is 3.37. The molecule has 0 fully saturated rings. The van der Waals surface area contributed by atoms with Crippen LogP contribution in [0.1, 0.15) is 28.4 Å². The van der Waals surface area contributed by atoms with Crippen LogP contribution in [0.2, 0.25) is 0 Å². The molecule has 1 atom stereocenters. The van der Waals surface area contributed by atoms with Gasteiger partial charge in [-0.1, -0.05) is 6.07 Å². The maximum atomic E-state index is 5.26. The molecule has 0 aliphatic carbocycles. The molecule has 100 valence electrons. The normalized spacial score (nSPS) is 12.2. The highest BCUT2D eigenvalue weighted by Gasteiger charge is 2.14. The Bertz CT molecular complexity index is 566. The van der Waals surface area contributed by atoms with Crippen molar-refractivity contribution in [3.05, 3.63) is 58.9 Å². The van der Waals surface area contributed by atoms with Crippen molar-refractivity contribution in [3.8, 4) is 5.75 Å². The van der Waals surface area contributed by atoms with Crippen LogP contribution in [0.15, 0.2) is 36.5 Å². The second-order valence-electron chi connectivity index (χ2n) is 4.67. The molecule has 1 N–H and O–H groups in total. The average molecular weight is 256 g/mol. The number of pyridine rings is 1. The fraction of sp³-hybridized carbons (Fsp3) is 0.312. The van der Waals surface area contributed by atoms with E-state index >= 15 is 0 Å². The lowest BCUT2D eigenvalue weighted by Crippen LogP contribution is -2.19. The molecule has 1 aromatic carbocycles. The Hall–Kier alpha value is -1.87. The predicted molar refractivity (Wildman–Crippen MR) is 77.6 cm³/mol. The molecular weight excluding hydrogens is 236 g/mol. The lowest BCUT2D eigenvalue weighted by Gasteiger charge is -2.20. The van der Waals surface area contributed by atoms with E-state index in [0.717, 1.165) is 11.4 Å². The van der Waals surface area contributed by atoms with Crippen LogP contribution < -0.4 is 10.1 Å². The molecule has 3 nitrogen and oxygen atoms in total. The van der Waals surface area contributed by atoms with Gasteiger partial charge in [-0.3, -0.25) is 4.98 Å². The molecule has 1 aromatic heterocycles. The molecule has 1 heterocycles. The number of hydrogen-bond donors (Lipinski definition) is 1. The lowest BCUT2D eigenvalue weighted by atomic mass is 9.95. The molecule has 0 spiro atoms. The van der Waals surface area contributed by atoms with Crippen molar-refractivity contribution in [1.82, 2.24) is 10.3 Å². The number of hydrogen-bond acceptors (Lipinski definition) is 3. The Kier molecular flexibility index (Phi) is 4.17. The Labute approximate surface area is 114 Å². The Morgan fingerprint density at radius 3 is 2.53 bits per heavy atom. The zero-order valence-electron chi connectivity index (χ0n) is 11.9. The highest BCUT2D eigenvalue weighted by atomic mass is 16.5. The molecule has 2 aromatic rings. The van der Waals surface area contributed by atoms with Gasteiger partial charge in [-0.25, -0.2) is 0 Å².